The van der Waals surface area contributed by atoms with Crippen LogP contribution in [-0.4, -0.2) is 10.9 Å². The molecule has 1 aliphatic rings. The van der Waals surface area contributed by atoms with Gasteiger partial charge in [-0.15, -0.1) is 0 Å². The lowest BCUT2D eigenvalue weighted by molar-refractivity contribution is -0.120. The van der Waals surface area contributed by atoms with E-state index < -0.39 is 0 Å². The van der Waals surface area contributed by atoms with Crippen molar-refractivity contribution < 1.29 is 4.79 Å². The molecule has 1 aromatic carbocycles. The predicted octanol–water partition coefficient (Wildman–Crippen LogP) is 3.90. The van der Waals surface area contributed by atoms with E-state index in [0.717, 1.165) is 29.5 Å². The number of anilines is 1. The molecule has 4 heteroatoms. The molecule has 0 bridgehead atoms. The van der Waals surface area contributed by atoms with Crippen molar-refractivity contribution in [3.63, 3.8) is 0 Å². The minimum Gasteiger partial charge on any atom is -0.302 e. The Kier molecular flexibility index (Phi) is 3.34. The molecule has 1 atom stereocenters. The van der Waals surface area contributed by atoms with Crippen LogP contribution in [0.2, 0.25) is 0 Å². The first-order valence-corrected chi connectivity index (χ1v) is 7.37. The molecule has 1 aromatic heterocycles. The van der Waals surface area contributed by atoms with Gasteiger partial charge in [-0.2, -0.15) is 0 Å². The molecule has 1 aliphatic carbocycles. The summed E-state index contributed by atoms with van der Waals surface area (Å²) in [6, 6.07) is 6.14. The second-order valence-electron chi connectivity index (χ2n) is 4.96. The number of aryl methyl sites for hydroxylation is 1. The first-order valence-electron chi connectivity index (χ1n) is 6.55. The number of nitrogens with zero attached hydrogens (tertiary/aromatic N) is 1. The summed E-state index contributed by atoms with van der Waals surface area (Å²) in [6.07, 6.45) is 7.01. The van der Waals surface area contributed by atoms with Crippen LogP contribution in [0.15, 0.2) is 30.4 Å². The first kappa shape index (κ1) is 12.4. The van der Waals surface area contributed by atoms with Crippen LogP contribution in [0.3, 0.4) is 0 Å². The van der Waals surface area contributed by atoms with E-state index in [9.17, 15) is 4.79 Å². The Morgan fingerprint density at radius 2 is 2.32 bits per heavy atom. The number of allylic oxidation sites excluding steroid dienone is 2. The van der Waals surface area contributed by atoms with Gasteiger partial charge >= 0.3 is 0 Å². The summed E-state index contributed by atoms with van der Waals surface area (Å²) < 4.78 is 1.12. The van der Waals surface area contributed by atoms with E-state index in [1.165, 1.54) is 5.56 Å². The molecule has 0 spiro atoms. The van der Waals surface area contributed by atoms with Gasteiger partial charge in [0.1, 0.15) is 0 Å². The van der Waals surface area contributed by atoms with Gasteiger partial charge in [-0.05, 0) is 43.9 Å². The van der Waals surface area contributed by atoms with E-state index in [1.54, 1.807) is 11.3 Å². The second-order valence-corrected chi connectivity index (χ2v) is 5.99. The van der Waals surface area contributed by atoms with Crippen molar-refractivity contribution in [3.05, 3.63) is 35.9 Å². The molecule has 1 N–H and O–H groups in total. The standard InChI is InChI=1S/C15H16N2OS/c1-10-7-8-12-13(9-10)19-15(16-12)17-14(18)11-5-3-2-4-6-11/h2-3,7-9,11H,4-6H2,1H3,(H,16,17,18). The highest BCUT2D eigenvalue weighted by Crippen LogP contribution is 2.28. The quantitative estimate of drug-likeness (QED) is 0.842. The summed E-state index contributed by atoms with van der Waals surface area (Å²) in [5, 5.41) is 3.66. The molecule has 2 aromatic rings. The van der Waals surface area contributed by atoms with Crippen molar-refractivity contribution in [1.29, 1.82) is 0 Å². The lowest BCUT2D eigenvalue weighted by atomic mass is 9.94. The van der Waals surface area contributed by atoms with Crippen LogP contribution in [0, 0.1) is 12.8 Å². The maximum Gasteiger partial charge on any atom is 0.229 e. The zero-order chi connectivity index (χ0) is 13.2. The topological polar surface area (TPSA) is 42.0 Å². The summed E-state index contributed by atoms with van der Waals surface area (Å²) in [6.45, 7) is 2.06. The van der Waals surface area contributed by atoms with Gasteiger partial charge in [0, 0.05) is 5.92 Å². The molecule has 0 radical (unpaired) electrons. The van der Waals surface area contributed by atoms with E-state index in [1.807, 2.05) is 12.1 Å². The van der Waals surface area contributed by atoms with Crippen molar-refractivity contribution in [2.24, 2.45) is 5.92 Å². The van der Waals surface area contributed by atoms with E-state index >= 15 is 0 Å². The summed E-state index contributed by atoms with van der Waals surface area (Å²) >= 11 is 1.54. The van der Waals surface area contributed by atoms with Crippen LogP contribution < -0.4 is 5.32 Å². The molecule has 1 amide bonds. The van der Waals surface area contributed by atoms with Crippen LogP contribution in [0.1, 0.15) is 24.8 Å². The molecule has 3 nitrogen and oxygen atoms in total. The van der Waals surface area contributed by atoms with Crippen LogP contribution >= 0.6 is 11.3 Å². The van der Waals surface area contributed by atoms with E-state index in [4.69, 9.17) is 0 Å². The molecule has 98 valence electrons. The maximum absolute atomic E-state index is 12.1. The number of thiazole rings is 1. The van der Waals surface area contributed by atoms with Crippen molar-refractivity contribution in [3.8, 4) is 0 Å². The second kappa shape index (κ2) is 5.13. The molecule has 1 unspecified atom stereocenters. The SMILES string of the molecule is Cc1ccc2nc(NC(=O)C3CC=CCC3)sc2c1. The highest BCUT2D eigenvalue weighted by Gasteiger charge is 2.19. The lowest BCUT2D eigenvalue weighted by Gasteiger charge is -2.15. The average Bonchev–Trinajstić information content (AvgIpc) is 2.81. The normalized spacial score (nSPS) is 18.7. The fourth-order valence-electron chi connectivity index (χ4n) is 2.32. The van der Waals surface area contributed by atoms with Gasteiger partial charge in [0.2, 0.25) is 5.91 Å². The minimum atomic E-state index is 0.0961. The van der Waals surface area contributed by atoms with E-state index in [2.05, 4.69) is 35.4 Å². The lowest BCUT2D eigenvalue weighted by Crippen LogP contribution is -2.23. The number of aromatic nitrogens is 1. The molecule has 0 fully saturated rings. The molecule has 3 rings (SSSR count). The number of carbonyl (C=O) groups excluding carboxylic acids is 1. The highest BCUT2D eigenvalue weighted by atomic mass is 32.1. The molecular weight excluding hydrogens is 256 g/mol. The smallest absolute Gasteiger partial charge is 0.229 e. The van der Waals surface area contributed by atoms with Crippen molar-refractivity contribution in [2.45, 2.75) is 26.2 Å². The van der Waals surface area contributed by atoms with Gasteiger partial charge in [0.15, 0.2) is 5.13 Å². The Hall–Kier alpha value is -1.68. The fourth-order valence-corrected chi connectivity index (χ4v) is 3.29. The Bertz CT molecular complexity index is 645. The maximum atomic E-state index is 12.1. The van der Waals surface area contributed by atoms with Crippen LogP contribution in [-0.2, 0) is 4.79 Å². The van der Waals surface area contributed by atoms with E-state index in [0.29, 0.717) is 5.13 Å². The molecule has 1 heterocycles. The molecule has 0 saturated carbocycles. The average molecular weight is 272 g/mol. The van der Waals surface area contributed by atoms with Gasteiger partial charge in [-0.1, -0.05) is 29.6 Å². The van der Waals surface area contributed by atoms with Gasteiger partial charge in [0.05, 0.1) is 10.2 Å². The summed E-state index contributed by atoms with van der Waals surface area (Å²) in [5.41, 5.74) is 2.17. The van der Waals surface area contributed by atoms with E-state index in [-0.39, 0.29) is 11.8 Å². The van der Waals surface area contributed by atoms with Crippen molar-refractivity contribution in [1.82, 2.24) is 4.98 Å². The number of nitrogens with one attached hydrogen (secondary N) is 1. The number of hydrogen-bond donors (Lipinski definition) is 1. The predicted molar refractivity (Wildman–Crippen MR) is 79.5 cm³/mol. The number of benzene rings is 1. The Morgan fingerprint density at radius 3 is 3.11 bits per heavy atom. The summed E-state index contributed by atoms with van der Waals surface area (Å²) in [4.78, 5) is 16.6. The van der Waals surface area contributed by atoms with Gasteiger partial charge in [0.25, 0.3) is 0 Å². The Labute approximate surface area is 116 Å². The molecule has 0 saturated heterocycles. The molecule has 19 heavy (non-hydrogen) atoms. The van der Waals surface area contributed by atoms with Crippen LogP contribution in [0.5, 0.6) is 0 Å². The van der Waals surface area contributed by atoms with Crippen LogP contribution in [0.4, 0.5) is 5.13 Å². The third kappa shape index (κ3) is 2.68. The third-order valence-corrected chi connectivity index (χ3v) is 4.35. The van der Waals surface area contributed by atoms with Crippen molar-refractivity contribution in [2.75, 3.05) is 5.32 Å². The molecule has 0 aliphatic heterocycles. The first-order chi connectivity index (χ1) is 9.22. The van der Waals surface area contributed by atoms with Gasteiger partial charge in [-0.25, -0.2) is 4.98 Å². The zero-order valence-corrected chi connectivity index (χ0v) is 11.7. The highest BCUT2D eigenvalue weighted by molar-refractivity contribution is 7.22. The largest absolute Gasteiger partial charge is 0.302 e. The number of fused-ring (bicyclic) bond motifs is 1. The summed E-state index contributed by atoms with van der Waals surface area (Å²) in [7, 11) is 0. The Balaban J connectivity index is 1.77. The number of hydrogen-bond acceptors (Lipinski definition) is 3. The number of rotatable bonds is 2. The minimum absolute atomic E-state index is 0.0961. The Morgan fingerprint density at radius 1 is 1.42 bits per heavy atom. The van der Waals surface area contributed by atoms with Crippen LogP contribution in [0.25, 0.3) is 10.2 Å². The third-order valence-electron chi connectivity index (χ3n) is 3.41. The molecular formula is C15H16N2OS. The summed E-state index contributed by atoms with van der Waals surface area (Å²) in [5.74, 6) is 0.193. The van der Waals surface area contributed by atoms with Crippen molar-refractivity contribution >= 4 is 32.6 Å². The van der Waals surface area contributed by atoms with Gasteiger partial charge in [-0.3, -0.25) is 4.79 Å². The zero-order valence-electron chi connectivity index (χ0n) is 10.8. The number of amides is 1. The van der Waals surface area contributed by atoms with Gasteiger partial charge < -0.3 is 5.32 Å². The fraction of sp³-hybridized carbons (Fsp3) is 0.333. The monoisotopic (exact) mass is 272 g/mol. The number of carbonyl (C=O) groups is 1.